The molecule has 0 unspecified atom stereocenters. The van der Waals surface area contributed by atoms with Crippen molar-refractivity contribution < 1.29 is 14.3 Å². The highest BCUT2D eigenvalue weighted by Crippen LogP contribution is 2.29. The molecule has 1 amide bonds. The van der Waals surface area contributed by atoms with E-state index in [0.29, 0.717) is 11.0 Å². The van der Waals surface area contributed by atoms with Crippen molar-refractivity contribution in [3.05, 3.63) is 70.4 Å². The number of methoxy groups -OCH3 is 2. The fourth-order valence-corrected chi connectivity index (χ4v) is 4.60. The van der Waals surface area contributed by atoms with E-state index in [1.54, 1.807) is 31.8 Å². The maximum atomic E-state index is 12.4. The molecule has 4 aromatic rings. The Bertz CT molecular complexity index is 1280. The lowest BCUT2D eigenvalue weighted by atomic mass is 10.2. The maximum Gasteiger partial charge on any atom is 0.250 e. The van der Waals surface area contributed by atoms with E-state index in [0.717, 1.165) is 27.6 Å². The Morgan fingerprint density at radius 3 is 2.32 bits per heavy atom. The number of thioether (sulfide) groups is 1. The molecule has 34 heavy (non-hydrogen) atoms. The van der Waals surface area contributed by atoms with Crippen LogP contribution in [0.5, 0.6) is 11.5 Å². The van der Waals surface area contributed by atoms with Crippen molar-refractivity contribution in [3.8, 4) is 28.6 Å². The van der Waals surface area contributed by atoms with Crippen molar-refractivity contribution in [3.63, 3.8) is 0 Å². The van der Waals surface area contributed by atoms with E-state index in [1.807, 2.05) is 72.2 Å². The summed E-state index contributed by atoms with van der Waals surface area (Å²) >= 11 is 2.89. The van der Waals surface area contributed by atoms with Crippen molar-refractivity contribution in [2.24, 2.45) is 5.10 Å². The molecule has 0 aliphatic carbocycles. The van der Waals surface area contributed by atoms with Gasteiger partial charge in [0.05, 0.1) is 26.2 Å². The summed E-state index contributed by atoms with van der Waals surface area (Å²) in [6.07, 6.45) is 1.64. The summed E-state index contributed by atoms with van der Waals surface area (Å²) in [7, 11) is 3.25. The van der Waals surface area contributed by atoms with Crippen LogP contribution in [0.25, 0.3) is 17.1 Å². The largest absolute Gasteiger partial charge is 0.497 e. The molecule has 0 radical (unpaired) electrons. The second-order valence-corrected chi connectivity index (χ2v) is 9.36. The zero-order valence-corrected chi connectivity index (χ0v) is 20.5. The number of ether oxygens (including phenoxy) is 2. The molecule has 2 aromatic carbocycles. The van der Waals surface area contributed by atoms with Gasteiger partial charge in [-0.05, 0) is 67.6 Å². The minimum atomic E-state index is -0.232. The SMILES string of the molecule is COc1ccc(-c2nnc(SCC(=O)N/N=C/c3ccc(C)s3)n2-c2ccc(OC)cc2)cc1. The van der Waals surface area contributed by atoms with Crippen LogP contribution in [-0.2, 0) is 4.79 Å². The highest BCUT2D eigenvalue weighted by molar-refractivity contribution is 7.99. The number of thiophene rings is 1. The van der Waals surface area contributed by atoms with Crippen LogP contribution in [0, 0.1) is 6.92 Å². The van der Waals surface area contributed by atoms with Crippen molar-refractivity contribution >= 4 is 35.2 Å². The molecule has 8 nitrogen and oxygen atoms in total. The Labute approximate surface area is 205 Å². The van der Waals surface area contributed by atoms with Gasteiger partial charge < -0.3 is 9.47 Å². The second kappa shape index (κ2) is 11.0. The molecule has 0 saturated heterocycles. The van der Waals surface area contributed by atoms with E-state index < -0.39 is 0 Å². The van der Waals surface area contributed by atoms with Gasteiger partial charge in [-0.1, -0.05) is 11.8 Å². The predicted octanol–water partition coefficient (Wildman–Crippen LogP) is 4.56. The van der Waals surface area contributed by atoms with Gasteiger partial charge in [0.1, 0.15) is 11.5 Å². The molecule has 1 N–H and O–H groups in total. The number of benzene rings is 2. The molecular formula is C24H23N5O3S2. The second-order valence-electron chi connectivity index (χ2n) is 7.10. The van der Waals surface area contributed by atoms with Crippen molar-refractivity contribution in [1.82, 2.24) is 20.2 Å². The lowest BCUT2D eigenvalue weighted by Crippen LogP contribution is -2.19. The van der Waals surface area contributed by atoms with Gasteiger partial charge in [0.2, 0.25) is 0 Å². The molecule has 0 aliphatic heterocycles. The molecule has 10 heteroatoms. The number of carbonyl (C=O) groups excluding carboxylic acids is 1. The third-order valence-corrected chi connectivity index (χ3v) is 6.65. The summed E-state index contributed by atoms with van der Waals surface area (Å²) in [6, 6.07) is 19.1. The van der Waals surface area contributed by atoms with Crippen LogP contribution in [0.2, 0.25) is 0 Å². The highest BCUT2D eigenvalue weighted by atomic mass is 32.2. The number of aryl methyl sites for hydroxylation is 1. The number of aromatic nitrogens is 3. The Morgan fingerprint density at radius 2 is 1.71 bits per heavy atom. The standard InChI is InChI=1S/C24H23N5O3S2/c1-16-4-13-21(34-16)14-25-26-22(30)15-33-24-28-27-23(17-5-9-19(31-2)10-6-17)29(24)18-7-11-20(32-3)12-8-18/h4-14H,15H2,1-3H3,(H,26,30)/b25-14+. The molecular weight excluding hydrogens is 470 g/mol. The molecule has 0 saturated carbocycles. The quantitative estimate of drug-likeness (QED) is 0.209. The molecule has 0 bridgehead atoms. The average Bonchev–Trinajstić information content (AvgIpc) is 3.49. The summed E-state index contributed by atoms with van der Waals surface area (Å²) in [5.74, 6) is 2.06. The van der Waals surface area contributed by atoms with Crippen LogP contribution in [-0.4, -0.2) is 46.9 Å². The summed E-state index contributed by atoms with van der Waals surface area (Å²) < 4.78 is 12.5. The van der Waals surface area contributed by atoms with E-state index >= 15 is 0 Å². The zero-order chi connectivity index (χ0) is 23.9. The van der Waals surface area contributed by atoms with Gasteiger partial charge in [-0.15, -0.1) is 21.5 Å². The summed E-state index contributed by atoms with van der Waals surface area (Å²) in [4.78, 5) is 14.5. The predicted molar refractivity (Wildman–Crippen MR) is 135 cm³/mol. The third kappa shape index (κ3) is 5.64. The van der Waals surface area contributed by atoms with Gasteiger partial charge in [0.25, 0.3) is 5.91 Å². The zero-order valence-electron chi connectivity index (χ0n) is 18.9. The summed E-state index contributed by atoms with van der Waals surface area (Å²) in [5, 5.41) is 13.4. The van der Waals surface area contributed by atoms with Crippen molar-refractivity contribution in [2.75, 3.05) is 20.0 Å². The lowest BCUT2D eigenvalue weighted by Gasteiger charge is -2.11. The highest BCUT2D eigenvalue weighted by Gasteiger charge is 2.17. The monoisotopic (exact) mass is 493 g/mol. The first kappa shape index (κ1) is 23.5. The average molecular weight is 494 g/mol. The number of nitrogens with one attached hydrogen (secondary N) is 1. The van der Waals surface area contributed by atoms with Crippen LogP contribution >= 0.6 is 23.1 Å². The molecule has 174 valence electrons. The van der Waals surface area contributed by atoms with E-state index in [9.17, 15) is 4.79 Å². The van der Waals surface area contributed by atoms with E-state index in [-0.39, 0.29) is 11.7 Å². The summed E-state index contributed by atoms with van der Waals surface area (Å²) in [5.41, 5.74) is 4.29. The van der Waals surface area contributed by atoms with Gasteiger partial charge >= 0.3 is 0 Å². The molecule has 2 aromatic heterocycles. The first-order valence-electron chi connectivity index (χ1n) is 10.3. The number of hydrogen-bond acceptors (Lipinski definition) is 8. The minimum Gasteiger partial charge on any atom is -0.497 e. The normalized spacial score (nSPS) is 11.0. The maximum absolute atomic E-state index is 12.4. The smallest absolute Gasteiger partial charge is 0.250 e. The molecule has 4 rings (SSSR count). The molecule has 0 atom stereocenters. The lowest BCUT2D eigenvalue weighted by molar-refractivity contribution is -0.118. The Kier molecular flexibility index (Phi) is 7.61. The van der Waals surface area contributed by atoms with Crippen molar-refractivity contribution in [2.45, 2.75) is 12.1 Å². The van der Waals surface area contributed by atoms with Crippen LogP contribution in [0.15, 0.2) is 70.9 Å². The van der Waals surface area contributed by atoms with Gasteiger partial charge in [0.15, 0.2) is 11.0 Å². The molecule has 0 fully saturated rings. The first-order chi connectivity index (χ1) is 16.6. The van der Waals surface area contributed by atoms with E-state index in [2.05, 4.69) is 20.7 Å². The van der Waals surface area contributed by atoms with Crippen LogP contribution < -0.4 is 14.9 Å². The van der Waals surface area contributed by atoms with Crippen LogP contribution in [0.1, 0.15) is 9.75 Å². The third-order valence-electron chi connectivity index (χ3n) is 4.79. The fraction of sp³-hybridized carbons (Fsp3) is 0.167. The number of carbonyl (C=O) groups is 1. The van der Waals surface area contributed by atoms with Gasteiger partial charge in [-0.3, -0.25) is 9.36 Å². The van der Waals surface area contributed by atoms with Gasteiger partial charge in [-0.2, -0.15) is 5.10 Å². The number of amides is 1. The number of hydrogen-bond donors (Lipinski definition) is 1. The number of nitrogens with zero attached hydrogens (tertiary/aromatic N) is 4. The van der Waals surface area contributed by atoms with E-state index in [4.69, 9.17) is 9.47 Å². The Balaban J connectivity index is 1.54. The number of hydrazone groups is 1. The van der Waals surface area contributed by atoms with Crippen molar-refractivity contribution in [1.29, 1.82) is 0 Å². The Hall–Kier alpha value is -3.63. The molecule has 0 spiro atoms. The van der Waals surface area contributed by atoms with E-state index in [1.165, 1.54) is 16.6 Å². The topological polar surface area (TPSA) is 90.6 Å². The Morgan fingerprint density at radius 1 is 1.03 bits per heavy atom. The minimum absolute atomic E-state index is 0.137. The molecule has 2 heterocycles. The van der Waals surface area contributed by atoms with Gasteiger partial charge in [-0.25, -0.2) is 5.43 Å². The number of rotatable bonds is 9. The first-order valence-corrected chi connectivity index (χ1v) is 12.1. The van der Waals surface area contributed by atoms with Crippen LogP contribution in [0.4, 0.5) is 0 Å². The molecule has 0 aliphatic rings. The van der Waals surface area contributed by atoms with Crippen LogP contribution in [0.3, 0.4) is 0 Å². The summed E-state index contributed by atoms with van der Waals surface area (Å²) in [6.45, 7) is 2.02. The fourth-order valence-electron chi connectivity index (χ4n) is 3.11. The van der Waals surface area contributed by atoms with Gasteiger partial charge in [0, 0.05) is 21.0 Å².